The fourth-order valence-corrected chi connectivity index (χ4v) is 5.54. The van der Waals surface area contributed by atoms with Crippen LogP contribution in [0.2, 0.25) is 10.0 Å². The maximum atomic E-state index is 13.9. The number of benzene rings is 3. The molecule has 1 N–H and O–H groups in total. The normalized spacial score (nSPS) is 12.2. The number of rotatable bonds is 11. The van der Waals surface area contributed by atoms with Crippen LogP contribution in [-0.4, -0.2) is 44.3 Å². The average Bonchev–Trinajstić information content (AvgIpc) is 2.89. The van der Waals surface area contributed by atoms with Gasteiger partial charge in [-0.15, -0.1) is 0 Å². The van der Waals surface area contributed by atoms with Crippen molar-refractivity contribution in [1.29, 1.82) is 0 Å². The average molecular weight is 591 g/mol. The van der Waals surface area contributed by atoms with E-state index in [1.165, 1.54) is 35.2 Å². The van der Waals surface area contributed by atoms with E-state index in [1.807, 2.05) is 45.0 Å². The summed E-state index contributed by atoms with van der Waals surface area (Å²) in [6.07, 6.45) is 0. The molecule has 3 rings (SSSR count). The second-order valence-electron chi connectivity index (χ2n) is 9.77. The number of hydrogen-bond donors (Lipinski definition) is 1. The van der Waals surface area contributed by atoms with Crippen LogP contribution in [0.3, 0.4) is 0 Å². The van der Waals surface area contributed by atoms with Gasteiger partial charge in [-0.05, 0) is 67.8 Å². The number of carbonyl (C=O) groups is 2. The van der Waals surface area contributed by atoms with E-state index in [1.54, 1.807) is 25.1 Å². The zero-order valence-electron chi connectivity index (χ0n) is 22.4. The quantitative estimate of drug-likeness (QED) is 0.311. The summed E-state index contributed by atoms with van der Waals surface area (Å²) in [7, 11) is -4.19. The Morgan fingerprint density at radius 3 is 2.13 bits per heavy atom. The van der Waals surface area contributed by atoms with Gasteiger partial charge in [0.2, 0.25) is 11.8 Å². The predicted molar refractivity (Wildman–Crippen MR) is 156 cm³/mol. The first-order valence-electron chi connectivity index (χ1n) is 12.5. The van der Waals surface area contributed by atoms with Gasteiger partial charge in [0.25, 0.3) is 10.0 Å². The maximum absolute atomic E-state index is 13.9. The Balaban J connectivity index is 2.01. The van der Waals surface area contributed by atoms with E-state index in [0.29, 0.717) is 16.6 Å². The lowest BCUT2D eigenvalue weighted by atomic mass is 10.1. The van der Waals surface area contributed by atoms with E-state index >= 15 is 0 Å². The molecule has 0 spiro atoms. The van der Waals surface area contributed by atoms with Crippen molar-refractivity contribution in [3.05, 3.63) is 94.0 Å². The molecule has 0 radical (unpaired) electrons. The third-order valence-corrected chi connectivity index (χ3v) is 8.38. The number of sulfonamides is 1. The zero-order valence-corrected chi connectivity index (χ0v) is 24.7. The molecular formula is C29H33Cl2N3O4S. The number of halogens is 2. The first-order valence-corrected chi connectivity index (χ1v) is 14.7. The molecule has 0 bridgehead atoms. The first kappa shape index (κ1) is 30.5. The van der Waals surface area contributed by atoms with Crippen molar-refractivity contribution >= 4 is 50.7 Å². The maximum Gasteiger partial charge on any atom is 0.264 e. The Labute approximate surface area is 240 Å². The van der Waals surface area contributed by atoms with Crippen LogP contribution in [0.15, 0.2) is 77.7 Å². The summed E-state index contributed by atoms with van der Waals surface area (Å²) < 4.78 is 28.6. The van der Waals surface area contributed by atoms with Crippen molar-refractivity contribution < 1.29 is 18.0 Å². The monoisotopic (exact) mass is 589 g/mol. The van der Waals surface area contributed by atoms with Crippen molar-refractivity contribution in [1.82, 2.24) is 10.2 Å². The lowest BCUT2D eigenvalue weighted by molar-refractivity contribution is -0.139. The highest BCUT2D eigenvalue weighted by Crippen LogP contribution is 2.27. The molecule has 0 saturated heterocycles. The summed E-state index contributed by atoms with van der Waals surface area (Å²) in [5.74, 6) is -0.635. The fraction of sp³-hybridized carbons (Fsp3) is 0.310. The van der Waals surface area contributed by atoms with Crippen LogP contribution in [0.4, 0.5) is 5.69 Å². The third kappa shape index (κ3) is 8.21. The van der Waals surface area contributed by atoms with Gasteiger partial charge in [-0.3, -0.25) is 13.9 Å². The van der Waals surface area contributed by atoms with Gasteiger partial charge in [0, 0.05) is 23.1 Å². The topological polar surface area (TPSA) is 86.8 Å². The Bertz CT molecular complexity index is 1390. The van der Waals surface area contributed by atoms with E-state index in [-0.39, 0.29) is 29.0 Å². The molecule has 3 aromatic carbocycles. The molecule has 0 heterocycles. The van der Waals surface area contributed by atoms with Crippen molar-refractivity contribution in [2.45, 2.75) is 45.2 Å². The fourth-order valence-electron chi connectivity index (χ4n) is 3.82. The molecule has 39 heavy (non-hydrogen) atoms. The van der Waals surface area contributed by atoms with Crippen LogP contribution in [0.25, 0.3) is 0 Å². The van der Waals surface area contributed by atoms with Gasteiger partial charge in [-0.1, -0.05) is 72.9 Å². The SMILES string of the molecule is Cc1ccc(CN(C(=O)CN(c2cccc(Cl)c2)S(=O)(=O)c2ccc(Cl)cc2)[C@@H](C)C(=O)NCC(C)C)cc1. The number of nitrogens with zero attached hydrogens (tertiary/aromatic N) is 2. The largest absolute Gasteiger partial charge is 0.354 e. The molecule has 7 nitrogen and oxygen atoms in total. The highest BCUT2D eigenvalue weighted by atomic mass is 35.5. The van der Waals surface area contributed by atoms with Crippen LogP contribution in [0.5, 0.6) is 0 Å². The molecule has 0 aliphatic carbocycles. The number of carbonyl (C=O) groups excluding carboxylic acids is 2. The number of anilines is 1. The second-order valence-corrected chi connectivity index (χ2v) is 12.5. The van der Waals surface area contributed by atoms with Crippen LogP contribution >= 0.6 is 23.2 Å². The van der Waals surface area contributed by atoms with Gasteiger partial charge < -0.3 is 10.2 Å². The smallest absolute Gasteiger partial charge is 0.264 e. The number of hydrogen-bond acceptors (Lipinski definition) is 4. The van der Waals surface area contributed by atoms with Crippen LogP contribution in [-0.2, 0) is 26.2 Å². The number of amides is 2. The molecule has 2 amide bonds. The van der Waals surface area contributed by atoms with Gasteiger partial charge in [0.05, 0.1) is 10.6 Å². The van der Waals surface area contributed by atoms with Gasteiger partial charge in [0.1, 0.15) is 12.6 Å². The van der Waals surface area contributed by atoms with Crippen LogP contribution in [0.1, 0.15) is 31.9 Å². The summed E-state index contributed by atoms with van der Waals surface area (Å²) >= 11 is 12.2. The number of nitrogens with one attached hydrogen (secondary N) is 1. The molecule has 10 heteroatoms. The van der Waals surface area contributed by atoms with Crippen LogP contribution < -0.4 is 9.62 Å². The molecule has 0 fully saturated rings. The standard InChI is InChI=1S/C29H33Cl2N3O4S/c1-20(2)17-32-29(36)22(4)33(18-23-10-8-21(3)9-11-23)28(35)19-34(26-7-5-6-25(31)16-26)39(37,38)27-14-12-24(30)13-15-27/h5-16,20,22H,17-19H2,1-4H3,(H,32,36)/t22-/m0/s1. The Hall–Kier alpha value is -3.07. The van der Waals surface area contributed by atoms with E-state index in [2.05, 4.69) is 5.32 Å². The molecule has 0 saturated carbocycles. The van der Waals surface area contributed by atoms with Gasteiger partial charge in [-0.25, -0.2) is 8.42 Å². The van der Waals surface area contributed by atoms with E-state index < -0.39 is 28.5 Å². The summed E-state index contributed by atoms with van der Waals surface area (Å²) in [6.45, 7) is 7.59. The number of aryl methyl sites for hydroxylation is 1. The summed E-state index contributed by atoms with van der Waals surface area (Å²) in [5.41, 5.74) is 2.09. The van der Waals surface area contributed by atoms with Gasteiger partial charge >= 0.3 is 0 Å². The Morgan fingerprint density at radius 1 is 0.897 bits per heavy atom. The Morgan fingerprint density at radius 2 is 1.54 bits per heavy atom. The molecule has 0 aliphatic heterocycles. The van der Waals surface area contributed by atoms with E-state index in [9.17, 15) is 18.0 Å². The minimum absolute atomic E-state index is 0.0347. The predicted octanol–water partition coefficient (Wildman–Crippen LogP) is 5.69. The lowest BCUT2D eigenvalue weighted by Gasteiger charge is -2.32. The molecule has 1 atom stereocenters. The van der Waals surface area contributed by atoms with Crippen molar-refractivity contribution in [2.75, 3.05) is 17.4 Å². The molecule has 0 aliphatic rings. The minimum Gasteiger partial charge on any atom is -0.354 e. The molecule has 0 aromatic heterocycles. The van der Waals surface area contributed by atoms with Crippen molar-refractivity contribution in [2.24, 2.45) is 5.92 Å². The highest BCUT2D eigenvalue weighted by molar-refractivity contribution is 7.92. The highest BCUT2D eigenvalue weighted by Gasteiger charge is 2.32. The summed E-state index contributed by atoms with van der Waals surface area (Å²) in [5, 5.41) is 3.56. The third-order valence-electron chi connectivity index (χ3n) is 6.10. The first-order chi connectivity index (χ1) is 18.4. The summed E-state index contributed by atoms with van der Waals surface area (Å²) in [4.78, 5) is 28.3. The van der Waals surface area contributed by atoms with Crippen molar-refractivity contribution in [3.8, 4) is 0 Å². The van der Waals surface area contributed by atoms with Gasteiger partial charge in [0.15, 0.2) is 0 Å². The second kappa shape index (κ2) is 13.3. The Kier molecular flexibility index (Phi) is 10.4. The van der Waals surface area contributed by atoms with E-state index in [0.717, 1.165) is 15.4 Å². The minimum atomic E-state index is -4.19. The van der Waals surface area contributed by atoms with Crippen molar-refractivity contribution in [3.63, 3.8) is 0 Å². The van der Waals surface area contributed by atoms with Crippen LogP contribution in [0, 0.1) is 12.8 Å². The van der Waals surface area contributed by atoms with E-state index in [4.69, 9.17) is 23.2 Å². The zero-order chi connectivity index (χ0) is 28.7. The lowest BCUT2D eigenvalue weighted by Crippen LogP contribution is -2.51. The molecule has 208 valence electrons. The molecular weight excluding hydrogens is 557 g/mol. The summed E-state index contributed by atoms with van der Waals surface area (Å²) in [6, 6.07) is 18.7. The van der Waals surface area contributed by atoms with Gasteiger partial charge in [-0.2, -0.15) is 0 Å². The molecule has 0 unspecified atom stereocenters. The molecule has 3 aromatic rings.